The van der Waals surface area contributed by atoms with Crippen LogP contribution in [-0.4, -0.2) is 58.8 Å². The van der Waals surface area contributed by atoms with Gasteiger partial charge in [0.05, 0.1) is 19.2 Å². The fourth-order valence-corrected chi connectivity index (χ4v) is 3.72. The molecule has 158 valence electrons. The van der Waals surface area contributed by atoms with E-state index in [9.17, 15) is 13.2 Å². The van der Waals surface area contributed by atoms with E-state index in [0.29, 0.717) is 5.56 Å². The summed E-state index contributed by atoms with van der Waals surface area (Å²) in [6.07, 6.45) is -3.11. The van der Waals surface area contributed by atoms with Gasteiger partial charge in [0, 0.05) is 44.0 Å². The fourth-order valence-electron chi connectivity index (χ4n) is 3.72. The summed E-state index contributed by atoms with van der Waals surface area (Å²) >= 11 is 0. The van der Waals surface area contributed by atoms with Gasteiger partial charge in [0.1, 0.15) is 5.69 Å². The second-order valence-corrected chi connectivity index (χ2v) is 7.52. The van der Waals surface area contributed by atoms with Gasteiger partial charge in [-0.05, 0) is 17.7 Å². The molecule has 1 aliphatic heterocycles. The first-order valence-electron chi connectivity index (χ1n) is 10.0. The largest absolute Gasteiger partial charge is 0.393 e. The molecule has 0 spiro atoms. The van der Waals surface area contributed by atoms with Crippen LogP contribution >= 0.6 is 0 Å². The monoisotopic (exact) mass is 415 g/mol. The highest BCUT2D eigenvalue weighted by molar-refractivity contribution is 5.57. The summed E-state index contributed by atoms with van der Waals surface area (Å²) < 4.78 is 39.8. The van der Waals surface area contributed by atoms with Crippen LogP contribution in [0.5, 0.6) is 0 Å². The minimum absolute atomic E-state index is 0.308. The van der Waals surface area contributed by atoms with Crippen LogP contribution in [0, 0.1) is 0 Å². The van der Waals surface area contributed by atoms with E-state index in [-0.39, 0.29) is 0 Å². The van der Waals surface area contributed by atoms with Gasteiger partial charge >= 0.3 is 6.18 Å². The average molecular weight is 415 g/mol. The average Bonchev–Trinajstić information content (AvgIpc) is 3.21. The highest BCUT2D eigenvalue weighted by atomic mass is 19.4. The Morgan fingerprint density at radius 2 is 1.63 bits per heavy atom. The van der Waals surface area contributed by atoms with Crippen molar-refractivity contribution in [3.63, 3.8) is 0 Å². The molecular formula is C22H24F3N5. The maximum atomic E-state index is 12.7. The molecular weight excluding hydrogens is 391 g/mol. The maximum Gasteiger partial charge on any atom is 0.393 e. The molecule has 3 aromatic rings. The fraction of sp³-hybridized carbons (Fsp3) is 0.364. The lowest BCUT2D eigenvalue weighted by Crippen LogP contribution is -2.47. The number of alkyl halides is 3. The van der Waals surface area contributed by atoms with Crippen molar-refractivity contribution < 1.29 is 13.2 Å². The molecule has 0 saturated carbocycles. The summed E-state index contributed by atoms with van der Waals surface area (Å²) in [5.74, 6) is 0. The van der Waals surface area contributed by atoms with Crippen molar-refractivity contribution in [1.82, 2.24) is 19.9 Å². The van der Waals surface area contributed by atoms with Crippen LogP contribution in [-0.2, 0) is 13.0 Å². The van der Waals surface area contributed by atoms with E-state index in [2.05, 4.69) is 20.1 Å². The molecule has 4 rings (SSSR count). The molecule has 8 heteroatoms. The molecule has 0 atom stereocenters. The highest BCUT2D eigenvalue weighted by Crippen LogP contribution is 2.25. The van der Waals surface area contributed by atoms with Gasteiger partial charge in [0.25, 0.3) is 0 Å². The Hall–Kier alpha value is -2.87. The Labute approximate surface area is 173 Å². The van der Waals surface area contributed by atoms with E-state index in [0.717, 1.165) is 56.2 Å². The summed E-state index contributed by atoms with van der Waals surface area (Å²) in [5.41, 5.74) is 3.08. The van der Waals surface area contributed by atoms with E-state index in [1.807, 2.05) is 47.3 Å². The van der Waals surface area contributed by atoms with Crippen molar-refractivity contribution in [3.8, 4) is 11.3 Å². The Balaban J connectivity index is 1.27. The van der Waals surface area contributed by atoms with Crippen molar-refractivity contribution in [1.29, 1.82) is 0 Å². The Morgan fingerprint density at radius 3 is 2.37 bits per heavy atom. The topological polar surface area (TPSA) is 37.2 Å². The second kappa shape index (κ2) is 8.87. The molecule has 0 bridgehead atoms. The summed E-state index contributed by atoms with van der Waals surface area (Å²) in [6, 6.07) is 16.7. The number of anilines is 1. The van der Waals surface area contributed by atoms with Crippen LogP contribution in [0.4, 0.5) is 18.9 Å². The van der Waals surface area contributed by atoms with E-state index < -0.39 is 12.6 Å². The molecule has 1 aliphatic rings. The molecule has 30 heavy (non-hydrogen) atoms. The first kappa shape index (κ1) is 20.4. The van der Waals surface area contributed by atoms with E-state index in [1.165, 1.54) is 6.07 Å². The van der Waals surface area contributed by atoms with E-state index in [4.69, 9.17) is 0 Å². The number of benzene rings is 2. The SMILES string of the molecule is FC(F)(F)Cc1cccc(N2CCN(CCn3cc(-c4ccccc4)nn3)CC2)c1. The zero-order valence-electron chi connectivity index (χ0n) is 16.6. The van der Waals surface area contributed by atoms with Gasteiger partial charge in [-0.1, -0.05) is 47.7 Å². The van der Waals surface area contributed by atoms with Crippen LogP contribution in [0.1, 0.15) is 5.56 Å². The molecule has 0 N–H and O–H groups in total. The lowest BCUT2D eigenvalue weighted by Gasteiger charge is -2.36. The van der Waals surface area contributed by atoms with Crippen molar-refractivity contribution in [2.75, 3.05) is 37.6 Å². The van der Waals surface area contributed by atoms with Gasteiger partial charge in [-0.15, -0.1) is 5.10 Å². The molecule has 2 heterocycles. The van der Waals surface area contributed by atoms with Gasteiger partial charge in [0.15, 0.2) is 0 Å². The summed E-state index contributed by atoms with van der Waals surface area (Å²) in [7, 11) is 0. The Kier molecular flexibility index (Phi) is 6.03. The van der Waals surface area contributed by atoms with Crippen LogP contribution in [0.3, 0.4) is 0 Å². The predicted molar refractivity (Wildman–Crippen MR) is 110 cm³/mol. The minimum atomic E-state index is -4.18. The molecule has 1 fully saturated rings. The van der Waals surface area contributed by atoms with Gasteiger partial charge in [-0.3, -0.25) is 9.58 Å². The van der Waals surface area contributed by atoms with Gasteiger partial charge < -0.3 is 4.90 Å². The first-order valence-corrected chi connectivity index (χ1v) is 10.0. The number of aromatic nitrogens is 3. The Morgan fingerprint density at radius 1 is 0.867 bits per heavy atom. The zero-order chi connectivity index (χ0) is 21.0. The number of hydrogen-bond acceptors (Lipinski definition) is 4. The lowest BCUT2D eigenvalue weighted by atomic mass is 10.1. The number of nitrogens with zero attached hydrogens (tertiary/aromatic N) is 5. The molecule has 0 unspecified atom stereocenters. The summed E-state index contributed by atoms with van der Waals surface area (Å²) in [4.78, 5) is 4.50. The van der Waals surface area contributed by atoms with E-state index in [1.54, 1.807) is 12.1 Å². The van der Waals surface area contributed by atoms with Crippen molar-refractivity contribution in [2.24, 2.45) is 0 Å². The van der Waals surface area contributed by atoms with Gasteiger partial charge in [-0.25, -0.2) is 0 Å². The number of piperazine rings is 1. The highest BCUT2D eigenvalue weighted by Gasteiger charge is 2.28. The van der Waals surface area contributed by atoms with Crippen LogP contribution in [0.2, 0.25) is 0 Å². The van der Waals surface area contributed by atoms with Crippen molar-refractivity contribution >= 4 is 5.69 Å². The minimum Gasteiger partial charge on any atom is -0.369 e. The summed E-state index contributed by atoms with van der Waals surface area (Å²) in [6.45, 7) is 4.93. The predicted octanol–water partition coefficient (Wildman–Crippen LogP) is 3.87. The first-order chi connectivity index (χ1) is 14.5. The third-order valence-corrected chi connectivity index (χ3v) is 5.31. The molecule has 1 aromatic heterocycles. The lowest BCUT2D eigenvalue weighted by molar-refractivity contribution is -0.127. The van der Waals surface area contributed by atoms with Crippen LogP contribution in [0.15, 0.2) is 60.8 Å². The smallest absolute Gasteiger partial charge is 0.369 e. The molecule has 0 aliphatic carbocycles. The van der Waals surface area contributed by atoms with Gasteiger partial charge in [-0.2, -0.15) is 13.2 Å². The van der Waals surface area contributed by atoms with Crippen LogP contribution < -0.4 is 4.90 Å². The molecule has 0 amide bonds. The van der Waals surface area contributed by atoms with Crippen molar-refractivity contribution in [3.05, 3.63) is 66.4 Å². The third-order valence-electron chi connectivity index (χ3n) is 5.31. The maximum absolute atomic E-state index is 12.7. The standard InChI is InChI=1S/C22H24F3N5/c23-22(24,25)16-18-5-4-8-20(15-18)29-12-9-28(10-13-29)11-14-30-17-21(26-27-30)19-6-2-1-3-7-19/h1-8,15,17H,9-14,16H2. The Bertz CT molecular complexity index is 947. The molecule has 0 radical (unpaired) electrons. The zero-order valence-corrected chi connectivity index (χ0v) is 16.6. The molecule has 1 saturated heterocycles. The normalized spacial score (nSPS) is 15.5. The number of hydrogen-bond donors (Lipinski definition) is 0. The quantitative estimate of drug-likeness (QED) is 0.613. The van der Waals surface area contributed by atoms with Crippen LogP contribution in [0.25, 0.3) is 11.3 Å². The van der Waals surface area contributed by atoms with Gasteiger partial charge in [0.2, 0.25) is 0 Å². The third kappa shape index (κ3) is 5.38. The molecule has 2 aromatic carbocycles. The second-order valence-electron chi connectivity index (χ2n) is 7.52. The van der Waals surface area contributed by atoms with E-state index >= 15 is 0 Å². The molecule has 5 nitrogen and oxygen atoms in total. The van der Waals surface area contributed by atoms with Crippen molar-refractivity contribution in [2.45, 2.75) is 19.1 Å². The summed E-state index contributed by atoms with van der Waals surface area (Å²) in [5, 5.41) is 8.46. The number of rotatable bonds is 6. The number of halogens is 3.